The van der Waals surface area contributed by atoms with Gasteiger partial charge in [0.05, 0.1) is 6.61 Å². The van der Waals surface area contributed by atoms with Crippen LogP contribution in [-0.4, -0.2) is 55.0 Å². The third kappa shape index (κ3) is 9.33. The van der Waals surface area contributed by atoms with Gasteiger partial charge < -0.3 is 25.6 Å². The smallest absolute Gasteiger partial charge is 0.328 e. The van der Waals surface area contributed by atoms with Gasteiger partial charge >= 0.3 is 5.69 Å². The molecule has 6 N–H and O–H groups in total. The second kappa shape index (κ2) is 14.9. The summed E-state index contributed by atoms with van der Waals surface area (Å²) in [4.78, 5) is 67.4. The molecular weight excluding hydrogens is 578 g/mol. The summed E-state index contributed by atoms with van der Waals surface area (Å²) < 4.78 is 5.39. The zero-order chi connectivity index (χ0) is 31.7. The van der Waals surface area contributed by atoms with Gasteiger partial charge in [-0.1, -0.05) is 49.9 Å². The normalized spacial score (nSPS) is 15.8. The molecule has 1 aromatic heterocycles. The first-order chi connectivity index (χ1) is 20.4. The number of H-pyrrole nitrogens is 2. The Kier molecular flexibility index (Phi) is 11.3. The van der Waals surface area contributed by atoms with Gasteiger partial charge in [-0.2, -0.15) is 0 Å². The van der Waals surface area contributed by atoms with E-state index in [1.165, 1.54) is 0 Å². The molecule has 2 unspecified atom stereocenters. The number of carboxylic acid groups (broad SMARTS) is 1. The van der Waals surface area contributed by atoms with Crippen molar-refractivity contribution in [1.29, 1.82) is 0 Å². The molecular formula is C29H33N5O8S. The van der Waals surface area contributed by atoms with Crippen molar-refractivity contribution in [2.45, 2.75) is 51.3 Å². The fourth-order valence-corrected chi connectivity index (χ4v) is 5.00. The monoisotopic (exact) mass is 611 g/mol. The number of aliphatic imine (C=N–C) groups is 1. The summed E-state index contributed by atoms with van der Waals surface area (Å²) >= 11 is 1.05. The second-order valence-corrected chi connectivity index (χ2v) is 10.8. The van der Waals surface area contributed by atoms with Crippen LogP contribution >= 0.6 is 11.8 Å². The summed E-state index contributed by atoms with van der Waals surface area (Å²) in [5.74, 6) is -1.26. The van der Waals surface area contributed by atoms with Crippen molar-refractivity contribution in [3.63, 3.8) is 0 Å². The second-order valence-electron chi connectivity index (χ2n) is 9.65. The third-order valence-corrected chi connectivity index (χ3v) is 7.09. The largest absolute Gasteiger partial charge is 0.494 e. The number of carbonyl (C=O) groups is 3. The number of aromatic amines is 2. The molecule has 0 aliphatic carbocycles. The number of amides is 2. The van der Waals surface area contributed by atoms with E-state index < -0.39 is 40.3 Å². The highest BCUT2D eigenvalue weighted by Gasteiger charge is 2.34. The minimum absolute atomic E-state index is 0.110. The summed E-state index contributed by atoms with van der Waals surface area (Å²) in [5.41, 5.74) is 0.353. The molecule has 14 heteroatoms. The van der Waals surface area contributed by atoms with Crippen LogP contribution < -0.4 is 26.6 Å². The van der Waals surface area contributed by atoms with Gasteiger partial charge in [0.15, 0.2) is 5.17 Å². The van der Waals surface area contributed by atoms with Crippen LogP contribution in [0.25, 0.3) is 0 Å². The summed E-state index contributed by atoms with van der Waals surface area (Å²) in [5, 5.41) is 22.7. The lowest BCUT2D eigenvalue weighted by atomic mass is 9.96. The molecule has 0 saturated carbocycles. The molecule has 1 fully saturated rings. The molecule has 1 saturated heterocycles. The van der Waals surface area contributed by atoms with E-state index in [0.29, 0.717) is 23.6 Å². The average Bonchev–Trinajstić information content (AvgIpc) is 3.26. The van der Waals surface area contributed by atoms with E-state index in [1.54, 1.807) is 36.4 Å². The number of carbonyl (C=O) groups excluding carboxylic acids is 2. The lowest BCUT2D eigenvalue weighted by molar-refractivity contribution is -0.134. The van der Waals surface area contributed by atoms with Crippen LogP contribution in [0.3, 0.4) is 0 Å². The third-order valence-electron chi connectivity index (χ3n) is 5.99. The molecule has 13 nitrogen and oxygen atoms in total. The Bertz CT molecular complexity index is 1590. The number of aliphatic carboxylic acids is 1. The van der Waals surface area contributed by atoms with E-state index in [4.69, 9.17) is 14.6 Å². The van der Waals surface area contributed by atoms with Crippen LogP contribution in [0.2, 0.25) is 0 Å². The molecule has 4 rings (SSSR count). The number of amidine groups is 1. The molecule has 3 aromatic rings. The van der Waals surface area contributed by atoms with Crippen molar-refractivity contribution in [3.8, 4) is 11.6 Å². The van der Waals surface area contributed by atoms with Gasteiger partial charge in [0.25, 0.3) is 11.5 Å². The van der Waals surface area contributed by atoms with Gasteiger partial charge in [0.2, 0.25) is 17.7 Å². The van der Waals surface area contributed by atoms with Gasteiger partial charge in [-0.3, -0.25) is 29.1 Å². The average molecular weight is 612 g/mol. The zero-order valence-electron chi connectivity index (χ0n) is 24.0. The summed E-state index contributed by atoms with van der Waals surface area (Å²) in [6.45, 7) is 7.58. The number of aromatic nitrogens is 2. The number of nitrogens with zero attached hydrogens (tertiary/aromatic N) is 1. The predicted molar refractivity (Wildman–Crippen MR) is 163 cm³/mol. The number of nitrogens with one attached hydrogen (secondary N) is 4. The fraction of sp³-hybridized carbons (Fsp3) is 0.310. The van der Waals surface area contributed by atoms with E-state index in [0.717, 1.165) is 24.2 Å². The standard InChI is InChI=1S/C27H29N5O6S.C2H4O2/c1-4-38-18-11-9-17(10-12-18)28-20(33)13-19-23(34)32-27(39-19)29-22(16-7-5-15(6-8-16)14(2)3)21-24(35)30-26(37)31-25(21)36;1-2(3)4/h5-12,14,19,22H,4,13H2,1-3H3,(H,28,33)(H,29,32,34)(H3,30,31,35,36,37);1H3,(H,3,4). The fourth-order valence-electron chi connectivity index (χ4n) is 4.01. The van der Waals surface area contributed by atoms with E-state index in [9.17, 15) is 24.3 Å². The van der Waals surface area contributed by atoms with Crippen LogP contribution in [0.1, 0.15) is 62.8 Å². The van der Waals surface area contributed by atoms with Crippen LogP contribution in [-0.2, 0) is 14.4 Å². The summed E-state index contributed by atoms with van der Waals surface area (Å²) in [7, 11) is 0. The summed E-state index contributed by atoms with van der Waals surface area (Å²) in [6, 6.07) is 13.2. The number of anilines is 1. The van der Waals surface area contributed by atoms with Crippen molar-refractivity contribution in [2.24, 2.45) is 4.99 Å². The number of benzene rings is 2. The van der Waals surface area contributed by atoms with E-state index >= 15 is 0 Å². The lowest BCUT2D eigenvalue weighted by Crippen LogP contribution is -2.29. The van der Waals surface area contributed by atoms with Crippen molar-refractivity contribution in [2.75, 3.05) is 11.9 Å². The summed E-state index contributed by atoms with van der Waals surface area (Å²) in [6.07, 6.45) is -0.110. The molecule has 0 bridgehead atoms. The first-order valence-corrected chi connectivity index (χ1v) is 14.2. The molecule has 0 spiro atoms. The Morgan fingerprint density at radius 2 is 1.63 bits per heavy atom. The topological polar surface area (TPSA) is 203 Å². The van der Waals surface area contributed by atoms with Crippen molar-refractivity contribution >= 4 is 40.4 Å². The predicted octanol–water partition coefficient (Wildman–Crippen LogP) is 3.09. The molecule has 0 radical (unpaired) electrons. The Labute approximate surface area is 250 Å². The number of hydrogen-bond acceptors (Lipinski definition) is 9. The number of ether oxygens (including phenoxy) is 1. The molecule has 2 aromatic carbocycles. The zero-order valence-corrected chi connectivity index (χ0v) is 24.8. The first kappa shape index (κ1) is 32.7. The van der Waals surface area contributed by atoms with Gasteiger partial charge in [0, 0.05) is 19.0 Å². The van der Waals surface area contributed by atoms with Crippen molar-refractivity contribution in [3.05, 3.63) is 86.1 Å². The molecule has 1 aliphatic heterocycles. The Hall–Kier alpha value is -4.85. The first-order valence-electron chi connectivity index (χ1n) is 13.3. The van der Waals surface area contributed by atoms with Crippen LogP contribution in [0.15, 0.2) is 63.1 Å². The van der Waals surface area contributed by atoms with Gasteiger partial charge in [0.1, 0.15) is 22.6 Å². The number of rotatable bonds is 9. The van der Waals surface area contributed by atoms with E-state index in [1.807, 2.05) is 32.9 Å². The highest BCUT2D eigenvalue weighted by molar-refractivity contribution is 8.15. The van der Waals surface area contributed by atoms with Crippen LogP contribution in [0.5, 0.6) is 11.6 Å². The molecule has 43 heavy (non-hydrogen) atoms. The molecule has 228 valence electrons. The quantitative estimate of drug-likeness (QED) is 0.210. The Morgan fingerprint density at radius 3 is 2.19 bits per heavy atom. The minimum atomic E-state index is -1.04. The Balaban J connectivity index is 0.00000119. The highest BCUT2D eigenvalue weighted by atomic mass is 32.2. The maximum atomic E-state index is 12.7. The van der Waals surface area contributed by atoms with Crippen LogP contribution in [0.4, 0.5) is 5.69 Å². The molecule has 1 aliphatic rings. The van der Waals surface area contributed by atoms with Crippen molar-refractivity contribution in [1.82, 2.24) is 15.3 Å². The number of aromatic hydroxyl groups is 1. The SMILES string of the molecule is CC(=O)O.CCOc1ccc(NC(=O)CC2SC(=NC(c3ccc(C(C)C)cc3)c3c(O)[nH]c(=O)[nH]c3=O)NC2=O)cc1. The van der Waals surface area contributed by atoms with E-state index in [-0.39, 0.29) is 29.0 Å². The van der Waals surface area contributed by atoms with E-state index in [2.05, 4.69) is 25.6 Å². The van der Waals surface area contributed by atoms with Crippen molar-refractivity contribution < 1.29 is 29.3 Å². The van der Waals surface area contributed by atoms with Gasteiger partial charge in [-0.25, -0.2) is 9.79 Å². The molecule has 2 atom stereocenters. The maximum absolute atomic E-state index is 12.7. The number of thioether (sulfide) groups is 1. The lowest BCUT2D eigenvalue weighted by Gasteiger charge is -2.15. The number of carboxylic acids is 1. The molecule has 2 amide bonds. The number of hydrogen-bond donors (Lipinski definition) is 6. The van der Waals surface area contributed by atoms with Gasteiger partial charge in [-0.05, 0) is 48.2 Å². The Morgan fingerprint density at radius 1 is 1.02 bits per heavy atom. The van der Waals surface area contributed by atoms with Gasteiger partial charge in [-0.15, -0.1) is 0 Å². The van der Waals surface area contributed by atoms with Crippen LogP contribution in [0, 0.1) is 0 Å². The minimum Gasteiger partial charge on any atom is -0.494 e. The highest BCUT2D eigenvalue weighted by Crippen LogP contribution is 2.32. The maximum Gasteiger partial charge on any atom is 0.328 e. The molecule has 2 heterocycles.